The fourth-order valence-electron chi connectivity index (χ4n) is 1.33. The van der Waals surface area contributed by atoms with E-state index in [0.29, 0.717) is 11.9 Å². The molecule has 2 aromatic rings. The molecule has 0 N–H and O–H groups in total. The lowest BCUT2D eigenvalue weighted by Crippen LogP contribution is -2.25. The fraction of sp³-hybridized carbons (Fsp3) is 0.250. The lowest BCUT2D eigenvalue weighted by atomic mass is 10.3. The molecule has 0 amide bonds. The lowest BCUT2D eigenvalue weighted by Gasteiger charge is -1.97. The molecule has 10 heteroatoms. The van der Waals surface area contributed by atoms with E-state index in [1.807, 2.05) is 35.6 Å². The predicted octanol–water partition coefficient (Wildman–Crippen LogP) is 0.642. The zero-order valence-corrected chi connectivity index (χ0v) is 13.0. The molecule has 22 heavy (non-hydrogen) atoms. The quantitative estimate of drug-likeness (QED) is 0.357. The molecule has 0 bridgehead atoms. The third-order valence-electron chi connectivity index (χ3n) is 2.35. The van der Waals surface area contributed by atoms with Crippen molar-refractivity contribution in [3.05, 3.63) is 42.5 Å². The molecule has 0 fully saturated rings. The third-order valence-corrected chi connectivity index (χ3v) is 2.60. The monoisotopic (exact) mass is 330 g/mol. The minimum atomic E-state index is -3.72. The zero-order valence-electron chi connectivity index (χ0n) is 12.2. The van der Waals surface area contributed by atoms with Gasteiger partial charge in [-0.05, 0) is 24.3 Å². The first-order chi connectivity index (χ1) is 10.2. The van der Waals surface area contributed by atoms with Crippen LogP contribution < -0.4 is 9.82 Å². The Morgan fingerprint density at radius 3 is 2.23 bits per heavy atom. The highest BCUT2D eigenvalue weighted by molar-refractivity contribution is 7.85. The largest absolute Gasteiger partial charge is 0.707 e. The number of azo groups is 1. The van der Waals surface area contributed by atoms with Crippen molar-refractivity contribution in [2.24, 2.45) is 24.3 Å². The van der Waals surface area contributed by atoms with E-state index in [0.717, 1.165) is 5.95 Å². The summed E-state index contributed by atoms with van der Waals surface area (Å²) in [5.74, 6) is 0.452. The first kappa shape index (κ1) is 17.9. The molecule has 0 aliphatic carbocycles. The van der Waals surface area contributed by atoms with E-state index in [1.54, 1.807) is 12.1 Å². The van der Waals surface area contributed by atoms with Gasteiger partial charge < -0.3 is 9.59 Å². The number of aromatic nitrogens is 2. The molecule has 0 saturated heterocycles. The molecule has 2 rings (SSSR count). The Kier molecular flexibility index (Phi) is 6.28. The van der Waals surface area contributed by atoms with Crippen LogP contribution in [0, 0.1) is 5.82 Å². The van der Waals surface area contributed by atoms with Crippen LogP contribution in [0.2, 0.25) is 0 Å². The van der Waals surface area contributed by atoms with E-state index in [2.05, 4.69) is 14.6 Å². The summed E-state index contributed by atoms with van der Waals surface area (Å²) in [4.78, 5) is 0. The molecule has 0 aliphatic rings. The Morgan fingerprint density at radius 2 is 1.82 bits per heavy atom. The molecule has 120 valence electrons. The maximum Gasteiger partial charge on any atom is 0.421 e. The Bertz CT molecular complexity index is 721. The molecule has 1 aromatic carbocycles. The molecular weight excluding hydrogens is 315 g/mol. The van der Waals surface area contributed by atoms with E-state index in [1.165, 1.54) is 12.1 Å². The average Bonchev–Trinajstić information content (AvgIpc) is 2.78. The van der Waals surface area contributed by atoms with Crippen LogP contribution in [0.3, 0.4) is 0 Å². The number of nitrogens with zero attached hydrogens (tertiary/aromatic N) is 4. The van der Waals surface area contributed by atoms with Crippen molar-refractivity contribution >= 4 is 21.8 Å². The third kappa shape index (κ3) is 6.08. The molecule has 0 radical (unpaired) electrons. The van der Waals surface area contributed by atoms with Crippen LogP contribution in [0.4, 0.5) is 16.0 Å². The summed E-state index contributed by atoms with van der Waals surface area (Å²) >= 11 is 0. The molecule has 1 heterocycles. The SMILES string of the molecule is CS(=O)(=O)O[O-].Cn1cc[n+](C)c1N=Nc1ccc(F)cc1. The van der Waals surface area contributed by atoms with Crippen molar-refractivity contribution in [2.75, 3.05) is 6.26 Å². The van der Waals surface area contributed by atoms with Crippen molar-refractivity contribution in [3.8, 4) is 0 Å². The first-order valence-corrected chi connectivity index (χ1v) is 7.74. The van der Waals surface area contributed by atoms with Crippen molar-refractivity contribution < 1.29 is 27.0 Å². The lowest BCUT2D eigenvalue weighted by molar-refractivity contribution is -0.657. The summed E-state index contributed by atoms with van der Waals surface area (Å²) in [7, 11) is 0.0582. The second kappa shape index (κ2) is 7.73. The molecule has 0 aliphatic heterocycles. The van der Waals surface area contributed by atoms with E-state index < -0.39 is 10.1 Å². The van der Waals surface area contributed by atoms with Gasteiger partial charge in [0.15, 0.2) is 0 Å². The smallest absolute Gasteiger partial charge is 0.421 e. The molecule has 8 nitrogen and oxygen atoms in total. The summed E-state index contributed by atoms with van der Waals surface area (Å²) in [6, 6.07) is 5.89. The van der Waals surface area contributed by atoms with Crippen molar-refractivity contribution in [1.82, 2.24) is 4.57 Å². The Labute approximate surface area is 127 Å². The van der Waals surface area contributed by atoms with Gasteiger partial charge in [0.2, 0.25) is 0 Å². The normalized spacial score (nSPS) is 11.3. The molecule has 0 unspecified atom stereocenters. The number of hydrogen-bond donors (Lipinski definition) is 0. The van der Waals surface area contributed by atoms with Gasteiger partial charge in [-0.1, -0.05) is 5.11 Å². The number of imidazole rings is 1. The van der Waals surface area contributed by atoms with Gasteiger partial charge in [-0.15, -0.1) is 0 Å². The summed E-state index contributed by atoms with van der Waals surface area (Å²) < 4.78 is 37.9. The maximum absolute atomic E-state index is 12.6. The van der Waals surface area contributed by atoms with Gasteiger partial charge in [0.25, 0.3) is 10.1 Å². The topological polar surface area (TPSA) is 100.0 Å². The van der Waals surface area contributed by atoms with Crippen LogP contribution in [-0.4, -0.2) is 19.2 Å². The van der Waals surface area contributed by atoms with Crippen molar-refractivity contribution in [2.45, 2.75) is 0 Å². The summed E-state index contributed by atoms with van der Waals surface area (Å²) in [6.07, 6.45) is 4.46. The maximum atomic E-state index is 12.6. The molecular formula is C12H15FN4O4S. The minimum Gasteiger partial charge on any atom is -0.707 e. The second-order valence-electron chi connectivity index (χ2n) is 4.27. The van der Waals surface area contributed by atoms with Crippen LogP contribution in [0.5, 0.6) is 0 Å². The molecule has 0 saturated carbocycles. The highest BCUT2D eigenvalue weighted by Gasteiger charge is 2.09. The summed E-state index contributed by atoms with van der Waals surface area (Å²) in [5, 5.41) is 17.0. The summed E-state index contributed by atoms with van der Waals surface area (Å²) in [6.45, 7) is 0. The van der Waals surface area contributed by atoms with E-state index in [4.69, 9.17) is 5.26 Å². The zero-order chi connectivity index (χ0) is 16.8. The highest BCUT2D eigenvalue weighted by atomic mass is 32.2. The molecule has 0 atom stereocenters. The van der Waals surface area contributed by atoms with Gasteiger partial charge in [-0.25, -0.2) is 21.9 Å². The number of halogens is 1. The Morgan fingerprint density at radius 1 is 1.27 bits per heavy atom. The van der Waals surface area contributed by atoms with Gasteiger partial charge in [0, 0.05) is 5.11 Å². The first-order valence-electron chi connectivity index (χ1n) is 5.92. The van der Waals surface area contributed by atoms with Crippen LogP contribution in [-0.2, 0) is 28.5 Å². The fourth-order valence-corrected chi connectivity index (χ4v) is 1.33. The number of aryl methyl sites for hydroxylation is 2. The van der Waals surface area contributed by atoms with Crippen LogP contribution in [0.15, 0.2) is 46.9 Å². The number of rotatable bonds is 3. The van der Waals surface area contributed by atoms with Crippen molar-refractivity contribution in [1.29, 1.82) is 0 Å². The van der Waals surface area contributed by atoms with E-state index >= 15 is 0 Å². The van der Waals surface area contributed by atoms with Gasteiger partial charge in [-0.3, -0.25) is 0 Å². The van der Waals surface area contributed by atoms with Gasteiger partial charge >= 0.3 is 5.95 Å². The van der Waals surface area contributed by atoms with E-state index in [-0.39, 0.29) is 5.82 Å². The molecule has 1 aromatic heterocycles. The summed E-state index contributed by atoms with van der Waals surface area (Å²) in [5.41, 5.74) is 0.627. The van der Waals surface area contributed by atoms with Gasteiger partial charge in [0.05, 0.1) is 32.7 Å². The highest BCUT2D eigenvalue weighted by Crippen LogP contribution is 2.15. The van der Waals surface area contributed by atoms with E-state index in [9.17, 15) is 12.8 Å². The van der Waals surface area contributed by atoms with Gasteiger partial charge in [-0.2, -0.15) is 0 Å². The number of hydrogen-bond acceptors (Lipinski definition) is 6. The standard InChI is InChI=1S/C11H12FN4.CH4O4S/c1-15-7-8-16(2)11(15)14-13-10-5-3-9(12)4-6-10;1-6(3,4)5-2/h3-8H,1-2H3;2H,1H3/q+1;/p-1. The van der Waals surface area contributed by atoms with Crippen LogP contribution >= 0.6 is 0 Å². The Balaban J connectivity index is 0.000000346. The van der Waals surface area contributed by atoms with Crippen LogP contribution in [0.25, 0.3) is 0 Å². The minimum absolute atomic E-state index is 0.275. The van der Waals surface area contributed by atoms with Crippen LogP contribution in [0.1, 0.15) is 0 Å². The van der Waals surface area contributed by atoms with Gasteiger partial charge in [0.1, 0.15) is 11.5 Å². The second-order valence-corrected chi connectivity index (χ2v) is 5.81. The molecule has 0 spiro atoms. The predicted molar refractivity (Wildman–Crippen MR) is 73.1 cm³/mol. The average molecular weight is 330 g/mol. The van der Waals surface area contributed by atoms with Crippen molar-refractivity contribution in [3.63, 3.8) is 0 Å². The Hall–Kier alpha value is -2.17. The number of benzene rings is 1.